The van der Waals surface area contributed by atoms with E-state index < -0.39 is 0 Å². The summed E-state index contributed by atoms with van der Waals surface area (Å²) < 4.78 is 5.34. The van der Waals surface area contributed by atoms with Crippen molar-refractivity contribution in [3.8, 4) is 5.75 Å². The quantitative estimate of drug-likeness (QED) is 0.750. The standard InChI is InChI=1S/C21H18ClNO3/c1-26-14-7-8-15-18(12-14)13(6-9-19(15)22)10-11-23-20(24)16-4-2-3-5-17(16)21(23)25/h2-5,7-9,12-13H,6,10-11H2,1H3. The highest BCUT2D eigenvalue weighted by Gasteiger charge is 2.35. The predicted octanol–water partition coefficient (Wildman–Crippen LogP) is 4.45. The number of carbonyl (C=O) groups is 2. The van der Waals surface area contributed by atoms with Crippen LogP contribution in [-0.4, -0.2) is 30.4 Å². The van der Waals surface area contributed by atoms with Crippen LogP contribution >= 0.6 is 11.6 Å². The molecule has 1 heterocycles. The van der Waals surface area contributed by atoms with Crippen molar-refractivity contribution in [1.29, 1.82) is 0 Å². The van der Waals surface area contributed by atoms with Crippen LogP contribution in [0.2, 0.25) is 0 Å². The zero-order chi connectivity index (χ0) is 18.3. The van der Waals surface area contributed by atoms with Crippen LogP contribution in [0.3, 0.4) is 0 Å². The summed E-state index contributed by atoms with van der Waals surface area (Å²) in [6.07, 6.45) is 3.47. The average molecular weight is 368 g/mol. The van der Waals surface area contributed by atoms with Crippen LogP contribution in [-0.2, 0) is 0 Å². The predicted molar refractivity (Wildman–Crippen MR) is 101 cm³/mol. The van der Waals surface area contributed by atoms with Crippen molar-refractivity contribution >= 4 is 28.4 Å². The second-order valence-electron chi connectivity index (χ2n) is 6.53. The van der Waals surface area contributed by atoms with E-state index >= 15 is 0 Å². The third-order valence-corrected chi connectivity index (χ3v) is 5.47. The van der Waals surface area contributed by atoms with Gasteiger partial charge in [-0.05, 0) is 60.2 Å². The van der Waals surface area contributed by atoms with E-state index in [0.29, 0.717) is 24.1 Å². The number of imide groups is 1. The molecule has 0 radical (unpaired) electrons. The van der Waals surface area contributed by atoms with Crippen LogP contribution in [0, 0.1) is 0 Å². The van der Waals surface area contributed by atoms with Crippen molar-refractivity contribution in [2.24, 2.45) is 0 Å². The molecule has 4 nitrogen and oxygen atoms in total. The Balaban J connectivity index is 1.55. The Morgan fingerprint density at radius 2 is 1.77 bits per heavy atom. The first-order valence-electron chi connectivity index (χ1n) is 8.59. The lowest BCUT2D eigenvalue weighted by molar-refractivity contribution is 0.0649. The van der Waals surface area contributed by atoms with Crippen LogP contribution < -0.4 is 4.74 Å². The number of carbonyl (C=O) groups excluding carboxylic acids is 2. The van der Waals surface area contributed by atoms with Gasteiger partial charge in [-0.1, -0.05) is 29.8 Å². The van der Waals surface area contributed by atoms with Gasteiger partial charge in [0.15, 0.2) is 0 Å². The lowest BCUT2D eigenvalue weighted by Crippen LogP contribution is -2.31. The van der Waals surface area contributed by atoms with E-state index in [-0.39, 0.29) is 17.7 Å². The highest BCUT2D eigenvalue weighted by atomic mass is 35.5. The molecule has 1 unspecified atom stereocenters. The van der Waals surface area contributed by atoms with Crippen LogP contribution in [0.5, 0.6) is 5.75 Å². The van der Waals surface area contributed by atoms with E-state index in [0.717, 1.165) is 28.3 Å². The van der Waals surface area contributed by atoms with Crippen LogP contribution in [0.25, 0.3) is 5.03 Å². The van der Waals surface area contributed by atoms with E-state index in [9.17, 15) is 9.59 Å². The van der Waals surface area contributed by atoms with Gasteiger partial charge in [-0.15, -0.1) is 0 Å². The third-order valence-electron chi connectivity index (χ3n) is 5.12. The van der Waals surface area contributed by atoms with E-state index in [1.807, 2.05) is 24.3 Å². The molecule has 1 aliphatic heterocycles. The maximum atomic E-state index is 12.5. The Kier molecular flexibility index (Phi) is 4.29. The molecule has 0 aromatic heterocycles. The molecule has 1 aliphatic carbocycles. The monoisotopic (exact) mass is 367 g/mol. The van der Waals surface area contributed by atoms with Crippen molar-refractivity contribution in [2.45, 2.75) is 18.8 Å². The Labute approximate surface area is 157 Å². The van der Waals surface area contributed by atoms with Gasteiger partial charge in [0.25, 0.3) is 11.8 Å². The fraction of sp³-hybridized carbons (Fsp3) is 0.238. The molecular formula is C21H18ClNO3. The average Bonchev–Trinajstić information content (AvgIpc) is 2.92. The van der Waals surface area contributed by atoms with Crippen molar-refractivity contribution in [1.82, 2.24) is 4.90 Å². The number of allylic oxidation sites excluding steroid dienone is 1. The number of rotatable bonds is 4. The summed E-state index contributed by atoms with van der Waals surface area (Å²) in [5, 5.41) is 0.736. The minimum absolute atomic E-state index is 0.187. The summed E-state index contributed by atoms with van der Waals surface area (Å²) >= 11 is 6.34. The van der Waals surface area contributed by atoms with Crippen LogP contribution in [0.1, 0.15) is 50.6 Å². The molecule has 0 fully saturated rings. The highest BCUT2D eigenvalue weighted by Crippen LogP contribution is 2.40. The summed E-state index contributed by atoms with van der Waals surface area (Å²) in [6.45, 7) is 0.388. The Hall–Kier alpha value is -2.59. The van der Waals surface area contributed by atoms with Crippen LogP contribution in [0.4, 0.5) is 0 Å². The first-order chi connectivity index (χ1) is 12.6. The lowest BCUT2D eigenvalue weighted by Gasteiger charge is -2.25. The number of hydrogen-bond donors (Lipinski definition) is 0. The van der Waals surface area contributed by atoms with Gasteiger partial charge < -0.3 is 4.74 Å². The molecular weight excluding hydrogens is 350 g/mol. The molecule has 2 aromatic rings. The molecule has 132 valence electrons. The van der Waals surface area contributed by atoms with Gasteiger partial charge in [0, 0.05) is 11.6 Å². The van der Waals surface area contributed by atoms with Gasteiger partial charge in [0.05, 0.1) is 18.2 Å². The number of hydrogen-bond acceptors (Lipinski definition) is 3. The van der Waals surface area contributed by atoms with Crippen molar-refractivity contribution in [2.75, 3.05) is 13.7 Å². The number of amides is 2. The van der Waals surface area contributed by atoms with Gasteiger partial charge in [0.2, 0.25) is 0 Å². The van der Waals surface area contributed by atoms with Gasteiger partial charge in [-0.25, -0.2) is 0 Å². The summed E-state index contributed by atoms with van der Waals surface area (Å²) in [7, 11) is 1.63. The number of methoxy groups -OCH3 is 1. The highest BCUT2D eigenvalue weighted by molar-refractivity contribution is 6.49. The first-order valence-corrected chi connectivity index (χ1v) is 8.97. The molecule has 0 bridgehead atoms. The molecule has 2 amide bonds. The molecule has 2 aliphatic rings. The fourth-order valence-corrected chi connectivity index (χ4v) is 3.97. The molecule has 0 saturated carbocycles. The van der Waals surface area contributed by atoms with Crippen molar-refractivity contribution < 1.29 is 14.3 Å². The number of halogens is 1. The molecule has 2 aromatic carbocycles. The fourth-order valence-electron chi connectivity index (χ4n) is 3.71. The molecule has 0 spiro atoms. The Morgan fingerprint density at radius 1 is 1.08 bits per heavy atom. The molecule has 0 saturated heterocycles. The number of fused-ring (bicyclic) bond motifs is 2. The van der Waals surface area contributed by atoms with E-state index in [1.165, 1.54) is 4.90 Å². The largest absolute Gasteiger partial charge is 0.497 e. The van der Waals surface area contributed by atoms with E-state index in [2.05, 4.69) is 0 Å². The summed E-state index contributed by atoms with van der Waals surface area (Å²) in [5.41, 5.74) is 3.08. The number of ether oxygens (including phenoxy) is 1. The maximum Gasteiger partial charge on any atom is 0.261 e. The van der Waals surface area contributed by atoms with Crippen LogP contribution in [0.15, 0.2) is 48.5 Å². The smallest absolute Gasteiger partial charge is 0.261 e. The minimum atomic E-state index is -0.208. The number of nitrogens with zero attached hydrogens (tertiary/aromatic N) is 1. The molecule has 4 rings (SSSR count). The summed E-state index contributed by atoms with van der Waals surface area (Å²) in [5.74, 6) is 0.550. The molecule has 5 heteroatoms. The van der Waals surface area contributed by atoms with Gasteiger partial charge in [-0.2, -0.15) is 0 Å². The van der Waals surface area contributed by atoms with Crippen molar-refractivity contribution in [3.63, 3.8) is 0 Å². The molecule has 0 N–H and O–H groups in total. The van der Waals surface area contributed by atoms with E-state index in [1.54, 1.807) is 31.4 Å². The van der Waals surface area contributed by atoms with Gasteiger partial charge in [0.1, 0.15) is 5.75 Å². The minimum Gasteiger partial charge on any atom is -0.497 e. The lowest BCUT2D eigenvalue weighted by atomic mass is 9.84. The second kappa shape index (κ2) is 6.61. The normalized spacial score (nSPS) is 18.5. The molecule has 26 heavy (non-hydrogen) atoms. The maximum absolute atomic E-state index is 12.5. The zero-order valence-electron chi connectivity index (χ0n) is 14.4. The number of benzene rings is 2. The topological polar surface area (TPSA) is 46.6 Å². The van der Waals surface area contributed by atoms with Gasteiger partial charge >= 0.3 is 0 Å². The van der Waals surface area contributed by atoms with Gasteiger partial charge in [-0.3, -0.25) is 14.5 Å². The first kappa shape index (κ1) is 16.9. The summed E-state index contributed by atoms with van der Waals surface area (Å²) in [4.78, 5) is 26.4. The SMILES string of the molecule is COc1ccc2c(c1)C(CCN1C(=O)c3ccccc3C1=O)CC=C2Cl. The summed E-state index contributed by atoms with van der Waals surface area (Å²) in [6, 6.07) is 12.8. The Bertz CT molecular complexity index is 900. The van der Waals surface area contributed by atoms with E-state index in [4.69, 9.17) is 16.3 Å². The third kappa shape index (κ3) is 2.71. The Morgan fingerprint density at radius 3 is 2.42 bits per heavy atom. The zero-order valence-corrected chi connectivity index (χ0v) is 15.1. The molecule has 1 atom stereocenters. The second-order valence-corrected chi connectivity index (χ2v) is 6.94. The van der Waals surface area contributed by atoms with Crippen molar-refractivity contribution in [3.05, 3.63) is 70.8 Å².